The summed E-state index contributed by atoms with van der Waals surface area (Å²) in [6, 6.07) is 12.5. The van der Waals surface area contributed by atoms with Crippen molar-refractivity contribution in [3.8, 4) is 17.2 Å². The van der Waals surface area contributed by atoms with Crippen molar-refractivity contribution in [3.63, 3.8) is 0 Å². The van der Waals surface area contributed by atoms with Crippen LogP contribution in [0.15, 0.2) is 36.4 Å². The fraction of sp³-hybridized carbons (Fsp3) is 0.520. The highest BCUT2D eigenvalue weighted by molar-refractivity contribution is 5.52. The van der Waals surface area contributed by atoms with Gasteiger partial charge in [0.25, 0.3) is 0 Å². The molecule has 2 fully saturated rings. The topological polar surface area (TPSA) is 43.5 Å². The maximum absolute atomic E-state index is 6.43. The maximum atomic E-state index is 6.43. The Hall–Kier alpha value is -2.04. The van der Waals surface area contributed by atoms with Crippen LogP contribution < -0.4 is 9.47 Å². The molecule has 2 saturated heterocycles. The molecule has 2 heterocycles. The van der Waals surface area contributed by atoms with E-state index in [1.807, 2.05) is 12.1 Å². The molecule has 4 nitrogen and oxygen atoms in total. The summed E-state index contributed by atoms with van der Waals surface area (Å²) in [6.45, 7) is 12.7. The standard InChI is InChI=1S/C25H32O4/c1-7-17-9-11-18(12-10-17)28-21-13-20(24-16(4)27-24)22(29-25(5,6)8-2)14-19(21)23-15(3)26-23/h9-16,23-24H,7-8H2,1-6H3. The third kappa shape index (κ3) is 4.44. The first-order valence-electron chi connectivity index (χ1n) is 10.8. The molecule has 0 aliphatic carbocycles. The Balaban J connectivity index is 1.72. The van der Waals surface area contributed by atoms with Gasteiger partial charge in [0.2, 0.25) is 0 Å². The van der Waals surface area contributed by atoms with Crippen molar-refractivity contribution in [1.29, 1.82) is 0 Å². The molecule has 0 N–H and O–H groups in total. The zero-order chi connectivity index (χ0) is 20.8. The summed E-state index contributed by atoms with van der Waals surface area (Å²) >= 11 is 0. The van der Waals surface area contributed by atoms with Gasteiger partial charge in [0.15, 0.2) is 0 Å². The van der Waals surface area contributed by atoms with Crippen molar-refractivity contribution in [3.05, 3.63) is 53.1 Å². The van der Waals surface area contributed by atoms with E-state index < -0.39 is 0 Å². The van der Waals surface area contributed by atoms with Gasteiger partial charge in [-0.1, -0.05) is 26.0 Å². The summed E-state index contributed by atoms with van der Waals surface area (Å²) in [6.07, 6.45) is 2.41. The summed E-state index contributed by atoms with van der Waals surface area (Å²) < 4.78 is 24.4. The van der Waals surface area contributed by atoms with E-state index in [4.69, 9.17) is 18.9 Å². The van der Waals surface area contributed by atoms with Crippen LogP contribution in [0, 0.1) is 0 Å². The molecule has 4 unspecified atom stereocenters. The Morgan fingerprint density at radius 2 is 1.38 bits per heavy atom. The van der Waals surface area contributed by atoms with Crippen LogP contribution in [0.4, 0.5) is 0 Å². The van der Waals surface area contributed by atoms with Gasteiger partial charge in [-0.25, -0.2) is 0 Å². The van der Waals surface area contributed by atoms with Gasteiger partial charge in [0, 0.05) is 11.1 Å². The molecular formula is C25H32O4. The third-order valence-corrected chi connectivity index (χ3v) is 5.97. The minimum absolute atomic E-state index is 0.0404. The van der Waals surface area contributed by atoms with E-state index in [9.17, 15) is 0 Å². The summed E-state index contributed by atoms with van der Waals surface area (Å²) in [5.74, 6) is 2.52. The van der Waals surface area contributed by atoms with Gasteiger partial charge in [-0.3, -0.25) is 0 Å². The van der Waals surface area contributed by atoms with Gasteiger partial charge in [-0.15, -0.1) is 0 Å². The van der Waals surface area contributed by atoms with E-state index in [-0.39, 0.29) is 30.0 Å². The van der Waals surface area contributed by atoms with Gasteiger partial charge in [-0.2, -0.15) is 0 Å². The Labute approximate surface area is 174 Å². The fourth-order valence-corrected chi connectivity index (χ4v) is 3.53. The Bertz CT molecular complexity index is 871. The Morgan fingerprint density at radius 1 is 0.862 bits per heavy atom. The molecule has 4 atom stereocenters. The number of benzene rings is 2. The van der Waals surface area contributed by atoms with Crippen LogP contribution in [0.3, 0.4) is 0 Å². The van der Waals surface area contributed by atoms with Crippen molar-refractivity contribution in [1.82, 2.24) is 0 Å². The first-order chi connectivity index (χ1) is 13.8. The van der Waals surface area contributed by atoms with Gasteiger partial charge in [-0.05, 0) is 70.4 Å². The SMILES string of the molecule is CCc1ccc(Oc2cc(C3OC3C)c(OC(C)(C)CC)cc2C2OC2C)cc1. The van der Waals surface area contributed by atoms with Crippen molar-refractivity contribution < 1.29 is 18.9 Å². The monoisotopic (exact) mass is 396 g/mol. The molecular weight excluding hydrogens is 364 g/mol. The van der Waals surface area contributed by atoms with Crippen LogP contribution >= 0.6 is 0 Å². The smallest absolute Gasteiger partial charge is 0.133 e. The number of rotatable bonds is 8. The molecule has 2 aliphatic rings. The highest BCUT2D eigenvalue weighted by Gasteiger charge is 2.43. The molecule has 0 bridgehead atoms. The quantitative estimate of drug-likeness (QED) is 0.476. The van der Waals surface area contributed by atoms with Crippen LogP contribution in [0.25, 0.3) is 0 Å². The third-order valence-electron chi connectivity index (χ3n) is 5.97. The lowest BCUT2D eigenvalue weighted by atomic mass is 10.0. The fourth-order valence-electron chi connectivity index (χ4n) is 3.53. The number of hydrogen-bond donors (Lipinski definition) is 0. The molecule has 29 heavy (non-hydrogen) atoms. The highest BCUT2D eigenvalue weighted by atomic mass is 16.6. The second kappa shape index (κ2) is 7.66. The van der Waals surface area contributed by atoms with E-state index in [1.165, 1.54) is 5.56 Å². The van der Waals surface area contributed by atoms with Crippen LogP contribution in [0.2, 0.25) is 0 Å². The van der Waals surface area contributed by atoms with E-state index >= 15 is 0 Å². The van der Waals surface area contributed by atoms with Gasteiger partial charge in [0.1, 0.15) is 35.1 Å². The van der Waals surface area contributed by atoms with E-state index in [1.54, 1.807) is 0 Å². The van der Waals surface area contributed by atoms with E-state index in [0.717, 1.165) is 41.2 Å². The zero-order valence-corrected chi connectivity index (χ0v) is 18.3. The van der Waals surface area contributed by atoms with Gasteiger partial charge >= 0.3 is 0 Å². The van der Waals surface area contributed by atoms with Crippen molar-refractivity contribution in [2.45, 2.75) is 84.4 Å². The number of aryl methyl sites for hydroxylation is 1. The molecule has 2 aromatic rings. The van der Waals surface area contributed by atoms with E-state index in [2.05, 4.69) is 65.8 Å². The first kappa shape index (κ1) is 20.2. The molecule has 0 spiro atoms. The normalized spacial score (nSPS) is 25.6. The predicted molar refractivity (Wildman–Crippen MR) is 114 cm³/mol. The average Bonchev–Trinajstić information content (AvgIpc) is 3.61. The molecule has 2 aliphatic heterocycles. The van der Waals surface area contributed by atoms with Crippen molar-refractivity contribution in [2.75, 3.05) is 0 Å². The molecule has 4 rings (SSSR count). The van der Waals surface area contributed by atoms with Crippen LogP contribution in [0.5, 0.6) is 17.2 Å². The predicted octanol–water partition coefficient (Wildman–Crippen LogP) is 6.53. The molecule has 156 valence electrons. The molecule has 0 amide bonds. The summed E-state index contributed by atoms with van der Waals surface area (Å²) in [7, 11) is 0. The number of ether oxygens (including phenoxy) is 4. The average molecular weight is 397 g/mol. The summed E-state index contributed by atoms with van der Waals surface area (Å²) in [5.41, 5.74) is 3.13. The van der Waals surface area contributed by atoms with Gasteiger partial charge < -0.3 is 18.9 Å². The largest absolute Gasteiger partial charge is 0.487 e. The Kier molecular flexibility index (Phi) is 5.34. The molecule has 0 radical (unpaired) electrons. The van der Waals surface area contributed by atoms with Crippen LogP contribution in [-0.2, 0) is 15.9 Å². The highest BCUT2D eigenvalue weighted by Crippen LogP contribution is 2.51. The second-order valence-corrected chi connectivity index (χ2v) is 8.77. The molecule has 4 heteroatoms. The number of epoxide rings is 2. The zero-order valence-electron chi connectivity index (χ0n) is 18.3. The first-order valence-corrected chi connectivity index (χ1v) is 10.8. The lowest BCUT2D eigenvalue weighted by Gasteiger charge is -2.27. The number of hydrogen-bond acceptors (Lipinski definition) is 4. The molecule has 2 aromatic carbocycles. The molecule has 0 saturated carbocycles. The van der Waals surface area contributed by atoms with Crippen LogP contribution in [-0.4, -0.2) is 17.8 Å². The maximum Gasteiger partial charge on any atom is 0.133 e. The van der Waals surface area contributed by atoms with Crippen LogP contribution in [0.1, 0.15) is 76.9 Å². The van der Waals surface area contributed by atoms with Crippen molar-refractivity contribution >= 4 is 0 Å². The van der Waals surface area contributed by atoms with E-state index in [0.29, 0.717) is 0 Å². The summed E-state index contributed by atoms with van der Waals surface area (Å²) in [4.78, 5) is 0. The summed E-state index contributed by atoms with van der Waals surface area (Å²) in [5, 5.41) is 0. The van der Waals surface area contributed by atoms with Gasteiger partial charge in [0.05, 0.1) is 12.2 Å². The molecule has 0 aromatic heterocycles. The minimum atomic E-state index is -0.251. The Morgan fingerprint density at radius 3 is 1.86 bits per heavy atom. The second-order valence-electron chi connectivity index (χ2n) is 8.77. The minimum Gasteiger partial charge on any atom is -0.487 e. The lowest BCUT2D eigenvalue weighted by Crippen LogP contribution is -2.27. The van der Waals surface area contributed by atoms with Crippen molar-refractivity contribution in [2.24, 2.45) is 0 Å². The lowest BCUT2D eigenvalue weighted by molar-refractivity contribution is 0.103.